The molecular formula is C17H36N2O2. The molecule has 1 N–H and O–H groups in total. The zero-order chi connectivity index (χ0) is 16.3. The van der Waals surface area contributed by atoms with E-state index in [4.69, 9.17) is 4.74 Å². The topological polar surface area (TPSA) is 41.6 Å². The summed E-state index contributed by atoms with van der Waals surface area (Å²) in [6, 6.07) is 0. The number of nitrogens with zero attached hydrogens (tertiary/aromatic N) is 1. The summed E-state index contributed by atoms with van der Waals surface area (Å²) in [5.41, 5.74) is -0.423. The molecule has 0 aliphatic carbocycles. The van der Waals surface area contributed by atoms with Gasteiger partial charge in [-0.05, 0) is 52.6 Å². The Morgan fingerprint density at radius 3 is 2.29 bits per heavy atom. The zero-order valence-corrected chi connectivity index (χ0v) is 15.0. The van der Waals surface area contributed by atoms with Gasteiger partial charge in [-0.2, -0.15) is 0 Å². The Balaban J connectivity index is 3.88. The van der Waals surface area contributed by atoms with Crippen molar-refractivity contribution in [2.45, 2.75) is 72.8 Å². The van der Waals surface area contributed by atoms with E-state index in [9.17, 15) is 4.79 Å². The molecule has 0 aliphatic heterocycles. The monoisotopic (exact) mass is 300 g/mol. The molecule has 4 nitrogen and oxygen atoms in total. The van der Waals surface area contributed by atoms with Crippen LogP contribution in [0.3, 0.4) is 0 Å². The Morgan fingerprint density at radius 1 is 1.14 bits per heavy atom. The van der Waals surface area contributed by atoms with Crippen LogP contribution in [0.25, 0.3) is 0 Å². The molecule has 0 radical (unpaired) electrons. The molecule has 0 bridgehead atoms. The summed E-state index contributed by atoms with van der Waals surface area (Å²) in [5.74, 6) is 0.686. The van der Waals surface area contributed by atoms with Gasteiger partial charge in [0.1, 0.15) is 5.60 Å². The molecular weight excluding hydrogens is 264 g/mol. The molecule has 0 rings (SSSR count). The lowest BCUT2D eigenvalue weighted by Crippen LogP contribution is -2.35. The summed E-state index contributed by atoms with van der Waals surface area (Å²) >= 11 is 0. The normalized spacial score (nSPS) is 12.0. The Hall–Kier alpha value is -0.770. The van der Waals surface area contributed by atoms with Crippen molar-refractivity contribution >= 4 is 6.09 Å². The molecule has 1 amide bonds. The third-order valence-corrected chi connectivity index (χ3v) is 3.02. The highest BCUT2D eigenvalue weighted by atomic mass is 16.6. The molecule has 4 heteroatoms. The van der Waals surface area contributed by atoms with E-state index in [1.807, 2.05) is 20.8 Å². The molecule has 0 saturated heterocycles. The van der Waals surface area contributed by atoms with Crippen LogP contribution in [0.2, 0.25) is 0 Å². The number of hydrogen-bond donors (Lipinski definition) is 1. The van der Waals surface area contributed by atoms with E-state index in [2.05, 4.69) is 31.0 Å². The zero-order valence-electron chi connectivity index (χ0n) is 15.0. The predicted octanol–water partition coefficient (Wildman–Crippen LogP) is 4.05. The molecule has 0 aromatic carbocycles. The number of carbonyl (C=O) groups is 1. The minimum absolute atomic E-state index is 0.316. The summed E-state index contributed by atoms with van der Waals surface area (Å²) in [6.07, 6.45) is 4.48. The van der Waals surface area contributed by atoms with Crippen LogP contribution in [-0.2, 0) is 4.74 Å². The van der Waals surface area contributed by atoms with Gasteiger partial charge in [-0.3, -0.25) is 0 Å². The number of hydrogen-bond acceptors (Lipinski definition) is 3. The van der Waals surface area contributed by atoms with Gasteiger partial charge in [-0.15, -0.1) is 0 Å². The lowest BCUT2D eigenvalue weighted by atomic mass is 10.1. The second-order valence-corrected chi connectivity index (χ2v) is 7.18. The van der Waals surface area contributed by atoms with E-state index in [0.29, 0.717) is 12.5 Å². The van der Waals surface area contributed by atoms with Crippen molar-refractivity contribution < 1.29 is 9.53 Å². The van der Waals surface area contributed by atoms with Crippen LogP contribution in [0.1, 0.15) is 67.2 Å². The maximum atomic E-state index is 11.5. The highest BCUT2D eigenvalue weighted by Gasteiger charge is 2.15. The quantitative estimate of drug-likeness (QED) is 0.619. The van der Waals surface area contributed by atoms with Crippen molar-refractivity contribution in [3.8, 4) is 0 Å². The second kappa shape index (κ2) is 10.9. The average Bonchev–Trinajstić information content (AvgIpc) is 2.31. The van der Waals surface area contributed by atoms with Gasteiger partial charge in [-0.1, -0.05) is 33.6 Å². The standard InChI is InChI=1S/C17H36N2O2/c1-7-8-9-12-19(14-15(2)3)13-10-11-18-16(20)21-17(4,5)6/h15H,7-14H2,1-6H3,(H,18,20). The highest BCUT2D eigenvalue weighted by molar-refractivity contribution is 5.67. The maximum absolute atomic E-state index is 11.5. The third kappa shape index (κ3) is 13.9. The molecule has 0 unspecified atom stereocenters. The lowest BCUT2D eigenvalue weighted by Gasteiger charge is -2.24. The van der Waals surface area contributed by atoms with E-state index in [-0.39, 0.29) is 6.09 Å². The van der Waals surface area contributed by atoms with Crippen molar-refractivity contribution in [3.05, 3.63) is 0 Å². The first kappa shape index (κ1) is 20.2. The number of carbonyl (C=O) groups excluding carboxylic acids is 1. The first-order valence-electron chi connectivity index (χ1n) is 8.43. The first-order valence-corrected chi connectivity index (χ1v) is 8.43. The van der Waals surface area contributed by atoms with Crippen LogP contribution in [0.4, 0.5) is 4.79 Å². The fraction of sp³-hybridized carbons (Fsp3) is 0.941. The number of ether oxygens (including phenoxy) is 1. The van der Waals surface area contributed by atoms with Gasteiger partial charge in [0.05, 0.1) is 0 Å². The van der Waals surface area contributed by atoms with E-state index >= 15 is 0 Å². The largest absolute Gasteiger partial charge is 0.444 e. The van der Waals surface area contributed by atoms with Crippen molar-refractivity contribution in [3.63, 3.8) is 0 Å². The summed E-state index contributed by atoms with van der Waals surface area (Å²) in [4.78, 5) is 14.1. The summed E-state index contributed by atoms with van der Waals surface area (Å²) in [6.45, 7) is 16.4. The van der Waals surface area contributed by atoms with E-state index in [1.165, 1.54) is 25.8 Å². The number of nitrogens with one attached hydrogen (secondary N) is 1. The summed E-state index contributed by atoms with van der Waals surface area (Å²) in [5, 5.41) is 2.83. The van der Waals surface area contributed by atoms with E-state index in [0.717, 1.165) is 19.5 Å². The van der Waals surface area contributed by atoms with Gasteiger partial charge in [0.15, 0.2) is 0 Å². The summed E-state index contributed by atoms with van der Waals surface area (Å²) < 4.78 is 5.23. The number of rotatable bonds is 10. The van der Waals surface area contributed by atoms with Gasteiger partial charge in [0, 0.05) is 13.1 Å². The Kier molecular flexibility index (Phi) is 10.5. The van der Waals surface area contributed by atoms with Crippen LogP contribution < -0.4 is 5.32 Å². The number of unbranched alkanes of at least 4 members (excludes halogenated alkanes) is 2. The smallest absolute Gasteiger partial charge is 0.407 e. The molecule has 126 valence electrons. The Bertz CT molecular complexity index is 272. The van der Waals surface area contributed by atoms with E-state index < -0.39 is 5.60 Å². The van der Waals surface area contributed by atoms with Crippen molar-refractivity contribution in [1.29, 1.82) is 0 Å². The van der Waals surface area contributed by atoms with Crippen molar-refractivity contribution in [2.24, 2.45) is 5.92 Å². The van der Waals surface area contributed by atoms with Crippen LogP contribution in [0.15, 0.2) is 0 Å². The van der Waals surface area contributed by atoms with Crippen molar-refractivity contribution in [1.82, 2.24) is 10.2 Å². The molecule has 0 aromatic rings. The number of amides is 1. The second-order valence-electron chi connectivity index (χ2n) is 7.18. The van der Waals surface area contributed by atoms with Gasteiger partial charge < -0.3 is 15.0 Å². The molecule has 0 heterocycles. The molecule has 0 aromatic heterocycles. The molecule has 0 atom stereocenters. The third-order valence-electron chi connectivity index (χ3n) is 3.02. The average molecular weight is 300 g/mol. The molecule has 0 spiro atoms. The van der Waals surface area contributed by atoms with E-state index in [1.54, 1.807) is 0 Å². The summed E-state index contributed by atoms with van der Waals surface area (Å²) in [7, 11) is 0. The van der Waals surface area contributed by atoms with Crippen LogP contribution >= 0.6 is 0 Å². The van der Waals surface area contributed by atoms with Crippen LogP contribution in [0, 0.1) is 5.92 Å². The van der Waals surface area contributed by atoms with Gasteiger partial charge >= 0.3 is 6.09 Å². The Labute approximate surface area is 131 Å². The maximum Gasteiger partial charge on any atom is 0.407 e. The fourth-order valence-corrected chi connectivity index (χ4v) is 2.20. The highest BCUT2D eigenvalue weighted by Crippen LogP contribution is 2.07. The molecule has 0 fully saturated rings. The molecule has 0 saturated carbocycles. The first-order chi connectivity index (χ1) is 9.74. The SMILES string of the molecule is CCCCCN(CCCNC(=O)OC(C)(C)C)CC(C)C. The van der Waals surface area contributed by atoms with Gasteiger partial charge in [0.2, 0.25) is 0 Å². The van der Waals surface area contributed by atoms with Gasteiger partial charge in [0.25, 0.3) is 0 Å². The van der Waals surface area contributed by atoms with Crippen LogP contribution in [0.5, 0.6) is 0 Å². The van der Waals surface area contributed by atoms with Crippen LogP contribution in [-0.4, -0.2) is 42.8 Å². The molecule has 21 heavy (non-hydrogen) atoms. The van der Waals surface area contributed by atoms with Gasteiger partial charge in [-0.25, -0.2) is 4.79 Å². The fourth-order valence-electron chi connectivity index (χ4n) is 2.20. The lowest BCUT2D eigenvalue weighted by molar-refractivity contribution is 0.0525. The minimum atomic E-state index is -0.423. The Morgan fingerprint density at radius 2 is 1.76 bits per heavy atom. The van der Waals surface area contributed by atoms with Crippen molar-refractivity contribution in [2.75, 3.05) is 26.2 Å². The number of alkyl carbamates (subject to hydrolysis) is 1. The predicted molar refractivity (Wildman–Crippen MR) is 89.7 cm³/mol. The molecule has 0 aliphatic rings. The minimum Gasteiger partial charge on any atom is -0.444 e.